The smallest absolute Gasteiger partial charge is 0.226 e. The molecule has 1 heterocycles. The van der Waals surface area contributed by atoms with Crippen LogP contribution in [0.2, 0.25) is 0 Å². The lowest BCUT2D eigenvalue weighted by Crippen LogP contribution is -2.20. The molecule has 0 saturated heterocycles. The van der Waals surface area contributed by atoms with Crippen LogP contribution in [0.5, 0.6) is 0 Å². The van der Waals surface area contributed by atoms with Crippen LogP contribution >= 0.6 is 0 Å². The normalized spacial score (nSPS) is 11.1. The standard InChI is InChI=1S/C15H20N2O2/c1-17(9-6-10-18-2)11-14-12-19-15(16-14)13-7-4-3-5-8-13/h3-5,7-8,12H,6,9-11H2,1-2H3. The Kier molecular flexibility index (Phi) is 5.12. The Hall–Kier alpha value is -1.65. The molecule has 0 saturated carbocycles. The van der Waals surface area contributed by atoms with Crippen LogP contribution in [0.3, 0.4) is 0 Å². The SMILES string of the molecule is COCCCN(C)Cc1coc(-c2ccccc2)n1. The van der Waals surface area contributed by atoms with Crippen LogP contribution in [-0.2, 0) is 11.3 Å². The largest absolute Gasteiger partial charge is 0.444 e. The van der Waals surface area contributed by atoms with Crippen LogP contribution in [0.15, 0.2) is 41.0 Å². The van der Waals surface area contributed by atoms with Crippen molar-refractivity contribution in [3.8, 4) is 11.5 Å². The monoisotopic (exact) mass is 260 g/mol. The number of methoxy groups -OCH3 is 1. The van der Waals surface area contributed by atoms with E-state index in [0.717, 1.165) is 37.4 Å². The maximum absolute atomic E-state index is 5.51. The predicted octanol–water partition coefficient (Wildman–Crippen LogP) is 2.81. The number of oxazole rings is 1. The lowest BCUT2D eigenvalue weighted by Gasteiger charge is -2.13. The fourth-order valence-electron chi connectivity index (χ4n) is 1.93. The quantitative estimate of drug-likeness (QED) is 0.718. The molecule has 0 aliphatic rings. The van der Waals surface area contributed by atoms with Gasteiger partial charge in [-0.2, -0.15) is 0 Å². The van der Waals surface area contributed by atoms with E-state index in [0.29, 0.717) is 5.89 Å². The highest BCUT2D eigenvalue weighted by atomic mass is 16.5. The Balaban J connectivity index is 1.91. The molecular formula is C15H20N2O2. The second-order valence-electron chi connectivity index (χ2n) is 4.59. The molecule has 0 unspecified atom stereocenters. The van der Waals surface area contributed by atoms with E-state index in [-0.39, 0.29) is 0 Å². The van der Waals surface area contributed by atoms with Crippen LogP contribution in [-0.4, -0.2) is 37.2 Å². The number of rotatable bonds is 7. The van der Waals surface area contributed by atoms with Gasteiger partial charge in [0.2, 0.25) is 5.89 Å². The zero-order chi connectivity index (χ0) is 13.5. The van der Waals surface area contributed by atoms with Crippen molar-refractivity contribution in [3.63, 3.8) is 0 Å². The minimum absolute atomic E-state index is 0.681. The molecule has 0 radical (unpaired) electrons. The first-order chi connectivity index (χ1) is 9.29. The molecule has 0 N–H and O–H groups in total. The van der Waals surface area contributed by atoms with E-state index in [1.54, 1.807) is 13.4 Å². The first kappa shape index (κ1) is 13.8. The fourth-order valence-corrected chi connectivity index (χ4v) is 1.93. The zero-order valence-electron chi connectivity index (χ0n) is 11.5. The average Bonchev–Trinajstić information content (AvgIpc) is 2.88. The van der Waals surface area contributed by atoms with Gasteiger partial charge in [0, 0.05) is 32.4 Å². The molecule has 0 aliphatic carbocycles. The molecule has 4 heteroatoms. The van der Waals surface area contributed by atoms with Gasteiger partial charge in [0.25, 0.3) is 0 Å². The van der Waals surface area contributed by atoms with E-state index in [2.05, 4.69) is 16.9 Å². The van der Waals surface area contributed by atoms with Crippen molar-refractivity contribution in [2.75, 3.05) is 27.3 Å². The van der Waals surface area contributed by atoms with E-state index < -0.39 is 0 Å². The van der Waals surface area contributed by atoms with Crippen molar-refractivity contribution in [3.05, 3.63) is 42.3 Å². The summed E-state index contributed by atoms with van der Waals surface area (Å²) in [6.45, 7) is 2.57. The van der Waals surface area contributed by atoms with Crippen LogP contribution in [0, 0.1) is 0 Å². The Morgan fingerprint density at radius 3 is 2.79 bits per heavy atom. The summed E-state index contributed by atoms with van der Waals surface area (Å²) in [4.78, 5) is 6.72. The Labute approximate surface area is 114 Å². The van der Waals surface area contributed by atoms with Crippen molar-refractivity contribution in [2.24, 2.45) is 0 Å². The van der Waals surface area contributed by atoms with Gasteiger partial charge < -0.3 is 14.1 Å². The molecule has 19 heavy (non-hydrogen) atoms. The predicted molar refractivity (Wildman–Crippen MR) is 74.8 cm³/mol. The minimum Gasteiger partial charge on any atom is -0.444 e. The van der Waals surface area contributed by atoms with Crippen LogP contribution in [0.25, 0.3) is 11.5 Å². The van der Waals surface area contributed by atoms with Crippen LogP contribution < -0.4 is 0 Å². The van der Waals surface area contributed by atoms with Crippen LogP contribution in [0.1, 0.15) is 12.1 Å². The first-order valence-corrected chi connectivity index (χ1v) is 6.47. The molecular weight excluding hydrogens is 240 g/mol. The molecule has 1 aromatic heterocycles. The Morgan fingerprint density at radius 1 is 1.26 bits per heavy atom. The van der Waals surface area contributed by atoms with Crippen molar-refractivity contribution in [1.29, 1.82) is 0 Å². The van der Waals surface area contributed by atoms with E-state index in [1.807, 2.05) is 30.3 Å². The fraction of sp³-hybridized carbons (Fsp3) is 0.400. The van der Waals surface area contributed by atoms with Gasteiger partial charge >= 0.3 is 0 Å². The molecule has 2 aromatic rings. The maximum Gasteiger partial charge on any atom is 0.226 e. The average molecular weight is 260 g/mol. The molecule has 102 valence electrons. The highest BCUT2D eigenvalue weighted by molar-refractivity contribution is 5.52. The molecule has 0 fully saturated rings. The van der Waals surface area contributed by atoms with Crippen molar-refractivity contribution in [1.82, 2.24) is 9.88 Å². The second-order valence-corrected chi connectivity index (χ2v) is 4.59. The van der Waals surface area contributed by atoms with E-state index >= 15 is 0 Å². The van der Waals surface area contributed by atoms with Gasteiger partial charge in [-0.1, -0.05) is 18.2 Å². The summed E-state index contributed by atoms with van der Waals surface area (Å²) in [7, 11) is 3.80. The zero-order valence-corrected chi connectivity index (χ0v) is 11.5. The van der Waals surface area contributed by atoms with E-state index in [9.17, 15) is 0 Å². The maximum atomic E-state index is 5.51. The molecule has 2 rings (SSSR count). The minimum atomic E-state index is 0.681. The molecule has 0 amide bonds. The van der Waals surface area contributed by atoms with Crippen LogP contribution in [0.4, 0.5) is 0 Å². The molecule has 0 atom stereocenters. The lowest BCUT2D eigenvalue weighted by atomic mass is 10.2. The summed E-state index contributed by atoms with van der Waals surface area (Å²) >= 11 is 0. The molecule has 0 spiro atoms. The topological polar surface area (TPSA) is 38.5 Å². The first-order valence-electron chi connectivity index (χ1n) is 6.47. The van der Waals surface area contributed by atoms with E-state index in [4.69, 9.17) is 9.15 Å². The molecule has 0 aliphatic heterocycles. The summed E-state index contributed by atoms with van der Waals surface area (Å²) < 4.78 is 10.6. The van der Waals surface area contributed by atoms with Crippen molar-refractivity contribution >= 4 is 0 Å². The highest BCUT2D eigenvalue weighted by Gasteiger charge is 2.08. The third-order valence-electron chi connectivity index (χ3n) is 2.89. The van der Waals surface area contributed by atoms with E-state index in [1.165, 1.54) is 0 Å². The summed E-state index contributed by atoms with van der Waals surface area (Å²) in [5.41, 5.74) is 1.97. The number of benzene rings is 1. The third kappa shape index (κ3) is 4.19. The van der Waals surface area contributed by atoms with Gasteiger partial charge in [-0.25, -0.2) is 4.98 Å². The van der Waals surface area contributed by atoms with Gasteiger partial charge in [-0.05, 0) is 25.6 Å². The number of aromatic nitrogens is 1. The Bertz CT molecular complexity index is 482. The molecule has 4 nitrogen and oxygen atoms in total. The van der Waals surface area contributed by atoms with Crippen molar-refractivity contribution in [2.45, 2.75) is 13.0 Å². The van der Waals surface area contributed by atoms with Gasteiger partial charge in [0.1, 0.15) is 6.26 Å². The number of hydrogen-bond acceptors (Lipinski definition) is 4. The summed E-state index contributed by atoms with van der Waals surface area (Å²) in [6, 6.07) is 9.94. The summed E-state index contributed by atoms with van der Waals surface area (Å²) in [5, 5.41) is 0. The summed E-state index contributed by atoms with van der Waals surface area (Å²) in [5.74, 6) is 0.681. The van der Waals surface area contributed by atoms with Gasteiger partial charge in [0.15, 0.2) is 0 Å². The van der Waals surface area contributed by atoms with Gasteiger partial charge in [-0.3, -0.25) is 0 Å². The molecule has 1 aromatic carbocycles. The lowest BCUT2D eigenvalue weighted by molar-refractivity contribution is 0.178. The Morgan fingerprint density at radius 2 is 2.05 bits per heavy atom. The number of hydrogen-bond donors (Lipinski definition) is 0. The number of nitrogens with zero attached hydrogens (tertiary/aromatic N) is 2. The van der Waals surface area contributed by atoms with Gasteiger partial charge in [-0.15, -0.1) is 0 Å². The number of ether oxygens (including phenoxy) is 1. The van der Waals surface area contributed by atoms with Gasteiger partial charge in [0.05, 0.1) is 5.69 Å². The summed E-state index contributed by atoms with van der Waals surface area (Å²) in [6.07, 6.45) is 2.76. The molecule has 0 bridgehead atoms. The third-order valence-corrected chi connectivity index (χ3v) is 2.89. The second kappa shape index (κ2) is 7.07. The highest BCUT2D eigenvalue weighted by Crippen LogP contribution is 2.18. The van der Waals surface area contributed by atoms with Crippen molar-refractivity contribution < 1.29 is 9.15 Å².